The number of hydrogen-bond donors (Lipinski definition) is 1. The summed E-state index contributed by atoms with van der Waals surface area (Å²) in [6, 6.07) is 19.4. The summed E-state index contributed by atoms with van der Waals surface area (Å²) < 4.78 is 0. The van der Waals surface area contributed by atoms with Gasteiger partial charge in [-0.3, -0.25) is 0 Å². The Labute approximate surface area is 117 Å². The van der Waals surface area contributed by atoms with E-state index in [1.165, 1.54) is 5.56 Å². The number of aromatic hydroxyl groups is 1. The van der Waals surface area contributed by atoms with Gasteiger partial charge in [-0.1, -0.05) is 42.5 Å². The summed E-state index contributed by atoms with van der Waals surface area (Å²) in [7, 11) is 0. The summed E-state index contributed by atoms with van der Waals surface area (Å²) in [5, 5.41) is 18.1. The molecule has 0 atom stereocenters. The number of phenols is 1. The molecule has 0 amide bonds. The summed E-state index contributed by atoms with van der Waals surface area (Å²) in [6.45, 7) is 0. The minimum atomic E-state index is 0.235. The zero-order valence-electron chi connectivity index (χ0n) is 10.9. The van der Waals surface area contributed by atoms with E-state index in [4.69, 9.17) is 0 Å². The van der Waals surface area contributed by atoms with Crippen molar-refractivity contribution in [2.24, 2.45) is 0 Å². The smallest absolute Gasteiger partial charge is 0.125 e. The SMILES string of the molecule is Oc1cccc(Cc2ccccc2)c1-c1cccnn1. The van der Waals surface area contributed by atoms with Crippen LogP contribution in [-0.4, -0.2) is 15.3 Å². The third-order valence-electron chi connectivity index (χ3n) is 3.19. The second-order valence-corrected chi connectivity index (χ2v) is 4.58. The number of rotatable bonds is 3. The molecule has 0 aliphatic rings. The largest absolute Gasteiger partial charge is 0.507 e. The first-order valence-corrected chi connectivity index (χ1v) is 6.47. The molecule has 20 heavy (non-hydrogen) atoms. The molecule has 0 radical (unpaired) electrons. The number of benzene rings is 2. The quantitative estimate of drug-likeness (QED) is 0.786. The Morgan fingerprint density at radius 1 is 0.850 bits per heavy atom. The van der Waals surface area contributed by atoms with Crippen LogP contribution in [0, 0.1) is 0 Å². The molecule has 98 valence electrons. The summed E-state index contributed by atoms with van der Waals surface area (Å²) in [6.07, 6.45) is 2.38. The lowest BCUT2D eigenvalue weighted by Gasteiger charge is -2.10. The van der Waals surface area contributed by atoms with E-state index >= 15 is 0 Å². The molecule has 0 spiro atoms. The molecule has 3 heteroatoms. The molecule has 3 nitrogen and oxygen atoms in total. The fraction of sp³-hybridized carbons (Fsp3) is 0.0588. The van der Waals surface area contributed by atoms with Crippen LogP contribution >= 0.6 is 0 Å². The Bertz CT molecular complexity index is 697. The first kappa shape index (κ1) is 12.4. The van der Waals surface area contributed by atoms with Crippen molar-refractivity contribution < 1.29 is 5.11 Å². The van der Waals surface area contributed by atoms with E-state index in [1.807, 2.05) is 42.5 Å². The maximum absolute atomic E-state index is 10.2. The Morgan fingerprint density at radius 3 is 2.45 bits per heavy atom. The topological polar surface area (TPSA) is 46.0 Å². The average Bonchev–Trinajstić information content (AvgIpc) is 2.49. The van der Waals surface area contributed by atoms with Gasteiger partial charge in [0, 0.05) is 11.8 Å². The highest BCUT2D eigenvalue weighted by molar-refractivity contribution is 5.70. The van der Waals surface area contributed by atoms with Crippen LogP contribution in [0.5, 0.6) is 5.75 Å². The van der Waals surface area contributed by atoms with Crippen molar-refractivity contribution in [2.75, 3.05) is 0 Å². The van der Waals surface area contributed by atoms with Gasteiger partial charge >= 0.3 is 0 Å². The van der Waals surface area contributed by atoms with E-state index < -0.39 is 0 Å². The summed E-state index contributed by atoms with van der Waals surface area (Å²) in [5.41, 5.74) is 3.68. The van der Waals surface area contributed by atoms with Crippen molar-refractivity contribution in [1.29, 1.82) is 0 Å². The van der Waals surface area contributed by atoms with Crippen molar-refractivity contribution in [3.8, 4) is 17.0 Å². The standard InChI is InChI=1S/C17H14N2O/c20-16-10-4-8-14(12-13-6-2-1-3-7-13)17(16)15-9-5-11-18-19-15/h1-11,20H,12H2. The van der Waals surface area contributed by atoms with Crippen molar-refractivity contribution in [3.05, 3.63) is 78.0 Å². The number of aromatic nitrogens is 2. The minimum absolute atomic E-state index is 0.235. The molecule has 1 heterocycles. The second-order valence-electron chi connectivity index (χ2n) is 4.58. The lowest BCUT2D eigenvalue weighted by molar-refractivity contribution is 0.476. The van der Waals surface area contributed by atoms with Gasteiger partial charge in [0.1, 0.15) is 5.75 Å². The lowest BCUT2D eigenvalue weighted by atomic mass is 9.97. The predicted molar refractivity (Wildman–Crippen MR) is 78.4 cm³/mol. The predicted octanol–water partition coefficient (Wildman–Crippen LogP) is 3.44. The Hall–Kier alpha value is -2.68. The lowest BCUT2D eigenvalue weighted by Crippen LogP contribution is -1.95. The molecular weight excluding hydrogens is 248 g/mol. The highest BCUT2D eigenvalue weighted by Crippen LogP contribution is 2.32. The van der Waals surface area contributed by atoms with Crippen LogP contribution in [0.25, 0.3) is 11.3 Å². The summed E-state index contributed by atoms with van der Waals surface area (Å²) in [5.74, 6) is 0.235. The van der Waals surface area contributed by atoms with Crippen molar-refractivity contribution in [1.82, 2.24) is 10.2 Å². The van der Waals surface area contributed by atoms with Crippen LogP contribution in [0.4, 0.5) is 0 Å². The van der Waals surface area contributed by atoms with E-state index in [-0.39, 0.29) is 5.75 Å². The van der Waals surface area contributed by atoms with Crippen molar-refractivity contribution >= 4 is 0 Å². The van der Waals surface area contributed by atoms with Gasteiger partial charge in [0.15, 0.2) is 0 Å². The molecule has 0 unspecified atom stereocenters. The Balaban J connectivity index is 2.06. The number of hydrogen-bond acceptors (Lipinski definition) is 3. The molecule has 1 N–H and O–H groups in total. The van der Waals surface area contributed by atoms with Gasteiger partial charge in [0.2, 0.25) is 0 Å². The van der Waals surface area contributed by atoms with Crippen LogP contribution in [0.2, 0.25) is 0 Å². The number of nitrogens with zero attached hydrogens (tertiary/aromatic N) is 2. The minimum Gasteiger partial charge on any atom is -0.507 e. The fourth-order valence-electron chi connectivity index (χ4n) is 2.28. The molecular formula is C17H14N2O. The maximum atomic E-state index is 10.2. The van der Waals surface area contributed by atoms with E-state index in [9.17, 15) is 5.11 Å². The molecule has 2 aromatic carbocycles. The van der Waals surface area contributed by atoms with Gasteiger partial charge in [-0.2, -0.15) is 10.2 Å². The highest BCUT2D eigenvalue weighted by atomic mass is 16.3. The zero-order valence-corrected chi connectivity index (χ0v) is 10.9. The molecule has 0 saturated carbocycles. The Kier molecular flexibility index (Phi) is 3.42. The van der Waals surface area contributed by atoms with Crippen molar-refractivity contribution in [3.63, 3.8) is 0 Å². The van der Waals surface area contributed by atoms with E-state index in [2.05, 4.69) is 22.3 Å². The van der Waals surface area contributed by atoms with E-state index in [0.29, 0.717) is 5.69 Å². The Morgan fingerprint density at radius 2 is 1.70 bits per heavy atom. The molecule has 0 aliphatic heterocycles. The molecule has 0 fully saturated rings. The molecule has 0 bridgehead atoms. The third-order valence-corrected chi connectivity index (χ3v) is 3.19. The van der Waals surface area contributed by atoms with Gasteiger partial charge in [0.25, 0.3) is 0 Å². The molecule has 0 saturated heterocycles. The normalized spacial score (nSPS) is 10.4. The first-order chi connectivity index (χ1) is 9.84. The highest BCUT2D eigenvalue weighted by Gasteiger charge is 2.11. The van der Waals surface area contributed by atoms with Crippen LogP contribution in [0.15, 0.2) is 66.9 Å². The van der Waals surface area contributed by atoms with Gasteiger partial charge < -0.3 is 5.11 Å². The second kappa shape index (κ2) is 5.53. The average molecular weight is 262 g/mol. The van der Waals surface area contributed by atoms with Crippen LogP contribution < -0.4 is 0 Å². The number of phenolic OH excluding ortho intramolecular Hbond substituents is 1. The van der Waals surface area contributed by atoms with E-state index in [1.54, 1.807) is 12.3 Å². The van der Waals surface area contributed by atoms with E-state index in [0.717, 1.165) is 17.5 Å². The molecule has 0 aliphatic carbocycles. The monoisotopic (exact) mass is 262 g/mol. The van der Waals surface area contributed by atoms with Gasteiger partial charge in [-0.05, 0) is 35.7 Å². The molecule has 3 rings (SSSR count). The summed E-state index contributed by atoms with van der Waals surface area (Å²) >= 11 is 0. The van der Waals surface area contributed by atoms with Crippen LogP contribution in [0.3, 0.4) is 0 Å². The zero-order chi connectivity index (χ0) is 13.8. The van der Waals surface area contributed by atoms with Crippen LogP contribution in [0.1, 0.15) is 11.1 Å². The third kappa shape index (κ3) is 2.52. The first-order valence-electron chi connectivity index (χ1n) is 6.47. The maximum Gasteiger partial charge on any atom is 0.125 e. The van der Waals surface area contributed by atoms with Crippen molar-refractivity contribution in [2.45, 2.75) is 6.42 Å². The molecule has 3 aromatic rings. The summed E-state index contributed by atoms with van der Waals surface area (Å²) in [4.78, 5) is 0. The van der Waals surface area contributed by atoms with Gasteiger partial charge in [-0.25, -0.2) is 0 Å². The molecule has 1 aromatic heterocycles. The fourth-order valence-corrected chi connectivity index (χ4v) is 2.28. The van der Waals surface area contributed by atoms with Gasteiger partial charge in [-0.15, -0.1) is 0 Å². The van der Waals surface area contributed by atoms with Gasteiger partial charge in [0.05, 0.1) is 5.69 Å². The van der Waals surface area contributed by atoms with Crippen LogP contribution in [-0.2, 0) is 6.42 Å².